The van der Waals surface area contributed by atoms with Gasteiger partial charge in [0.15, 0.2) is 12.4 Å². The molecule has 0 radical (unpaired) electrons. The Morgan fingerprint density at radius 2 is 2.00 bits per heavy atom. The third kappa shape index (κ3) is 4.43. The van der Waals surface area contributed by atoms with E-state index in [2.05, 4.69) is 5.32 Å². The van der Waals surface area contributed by atoms with Crippen LogP contribution < -0.4 is 14.8 Å². The van der Waals surface area contributed by atoms with Crippen LogP contribution in [0.5, 0.6) is 17.2 Å². The van der Waals surface area contributed by atoms with Gasteiger partial charge in [0, 0.05) is 12.1 Å². The maximum Gasteiger partial charge on any atom is 0.258 e. The molecule has 28 heavy (non-hydrogen) atoms. The van der Waals surface area contributed by atoms with Crippen LogP contribution in [0.25, 0.3) is 0 Å². The number of aliphatic hydroxyl groups is 1. The van der Waals surface area contributed by atoms with E-state index in [1.54, 1.807) is 26.0 Å². The molecule has 7 heteroatoms. The molecule has 3 N–H and O–H groups in total. The summed E-state index contributed by atoms with van der Waals surface area (Å²) in [6.45, 7) is 2.99. The zero-order valence-corrected chi connectivity index (χ0v) is 15.8. The standard InChI is InChI=1S/C21H23NO6/c1-21(2)10-17(25)20-16(24)8-14(9-18(20)28-21)27-12-19(26)22-15(11-23)13-6-4-3-5-7-13/h3-9,15,23-24H,10-12H2,1-2H3,(H,22,26). The zero-order chi connectivity index (χ0) is 20.3. The number of carbonyl (C=O) groups excluding carboxylic acids is 2. The van der Waals surface area contributed by atoms with Crippen LogP contribution in [-0.2, 0) is 4.79 Å². The molecule has 1 aliphatic rings. The third-order valence-corrected chi connectivity index (χ3v) is 4.40. The van der Waals surface area contributed by atoms with Crippen LogP contribution in [0.1, 0.15) is 42.2 Å². The molecule has 148 valence electrons. The number of Topliss-reactive ketones (excluding diaryl/α,β-unsaturated/α-hetero) is 1. The number of benzene rings is 2. The number of nitrogens with one attached hydrogen (secondary N) is 1. The molecule has 2 aromatic rings. The van der Waals surface area contributed by atoms with Crippen molar-refractivity contribution in [2.45, 2.75) is 31.9 Å². The number of aliphatic hydroxyl groups excluding tert-OH is 1. The number of aromatic hydroxyl groups is 1. The average molecular weight is 385 g/mol. The first-order chi connectivity index (χ1) is 13.3. The minimum Gasteiger partial charge on any atom is -0.507 e. The summed E-state index contributed by atoms with van der Waals surface area (Å²) in [4.78, 5) is 24.4. The molecular formula is C21H23NO6. The van der Waals surface area contributed by atoms with Gasteiger partial charge in [0.1, 0.15) is 28.4 Å². The van der Waals surface area contributed by atoms with Crippen LogP contribution in [0.4, 0.5) is 0 Å². The van der Waals surface area contributed by atoms with E-state index in [1.807, 2.05) is 18.2 Å². The van der Waals surface area contributed by atoms with Crippen LogP contribution >= 0.6 is 0 Å². The number of phenols is 1. The van der Waals surface area contributed by atoms with Gasteiger partial charge in [-0.25, -0.2) is 0 Å². The smallest absolute Gasteiger partial charge is 0.258 e. The Morgan fingerprint density at radius 3 is 2.68 bits per heavy atom. The lowest BCUT2D eigenvalue weighted by molar-refractivity contribution is -0.124. The predicted octanol–water partition coefficient (Wildman–Crippen LogP) is 2.36. The van der Waals surface area contributed by atoms with Gasteiger partial charge >= 0.3 is 0 Å². The van der Waals surface area contributed by atoms with Gasteiger partial charge in [0.05, 0.1) is 19.1 Å². The maximum absolute atomic E-state index is 12.2. The first-order valence-corrected chi connectivity index (χ1v) is 8.96. The molecule has 3 rings (SSSR count). The molecule has 0 spiro atoms. The summed E-state index contributed by atoms with van der Waals surface area (Å²) in [6, 6.07) is 11.3. The lowest BCUT2D eigenvalue weighted by Gasteiger charge is -2.32. The molecule has 0 aromatic heterocycles. The maximum atomic E-state index is 12.2. The molecule has 1 unspecified atom stereocenters. The molecule has 0 saturated carbocycles. The Kier molecular flexibility index (Phi) is 5.56. The van der Waals surface area contributed by atoms with Gasteiger partial charge in [-0.15, -0.1) is 0 Å². The molecule has 1 amide bonds. The van der Waals surface area contributed by atoms with Crippen molar-refractivity contribution in [2.24, 2.45) is 0 Å². The van der Waals surface area contributed by atoms with Crippen LogP contribution in [0.2, 0.25) is 0 Å². The number of carbonyl (C=O) groups is 2. The number of rotatable bonds is 6. The van der Waals surface area contributed by atoms with Crippen molar-refractivity contribution in [2.75, 3.05) is 13.2 Å². The summed E-state index contributed by atoms with van der Waals surface area (Å²) in [5, 5.41) is 22.4. The van der Waals surface area contributed by atoms with Gasteiger partial charge in [0.25, 0.3) is 5.91 Å². The van der Waals surface area contributed by atoms with Gasteiger partial charge in [-0.3, -0.25) is 9.59 Å². The normalized spacial score (nSPS) is 15.9. The second kappa shape index (κ2) is 7.90. The summed E-state index contributed by atoms with van der Waals surface area (Å²) in [5.74, 6) is -0.448. The van der Waals surface area contributed by atoms with E-state index in [9.17, 15) is 19.8 Å². The summed E-state index contributed by atoms with van der Waals surface area (Å²) in [5.41, 5.74) is 0.218. The fourth-order valence-corrected chi connectivity index (χ4v) is 3.13. The van der Waals surface area contributed by atoms with Crippen molar-refractivity contribution in [3.8, 4) is 17.2 Å². The summed E-state index contributed by atoms with van der Waals surface area (Å²) in [6.07, 6.45) is 0.165. The van der Waals surface area contributed by atoms with E-state index in [4.69, 9.17) is 9.47 Å². The molecule has 0 aliphatic carbocycles. The van der Waals surface area contributed by atoms with Crippen LogP contribution in [0.15, 0.2) is 42.5 Å². The average Bonchev–Trinajstić information content (AvgIpc) is 2.63. The van der Waals surface area contributed by atoms with E-state index in [0.29, 0.717) is 0 Å². The molecule has 0 fully saturated rings. The minimum absolute atomic E-state index is 0.126. The fourth-order valence-electron chi connectivity index (χ4n) is 3.13. The summed E-state index contributed by atoms with van der Waals surface area (Å²) < 4.78 is 11.2. The van der Waals surface area contributed by atoms with Gasteiger partial charge in [-0.05, 0) is 19.4 Å². The lowest BCUT2D eigenvalue weighted by Crippen LogP contribution is -2.36. The predicted molar refractivity (Wildman–Crippen MR) is 102 cm³/mol. The highest BCUT2D eigenvalue weighted by Crippen LogP contribution is 2.40. The van der Waals surface area contributed by atoms with Gasteiger partial charge < -0.3 is 25.0 Å². The monoisotopic (exact) mass is 385 g/mol. The first-order valence-electron chi connectivity index (χ1n) is 8.96. The topological polar surface area (TPSA) is 105 Å². The Balaban J connectivity index is 1.67. The highest BCUT2D eigenvalue weighted by atomic mass is 16.5. The molecule has 2 aromatic carbocycles. The highest BCUT2D eigenvalue weighted by Gasteiger charge is 2.35. The Labute approximate surface area is 162 Å². The number of amides is 1. The molecule has 0 bridgehead atoms. The Bertz CT molecular complexity index is 878. The number of phenolic OH excluding ortho intramolecular Hbond substituents is 1. The zero-order valence-electron chi connectivity index (χ0n) is 15.8. The van der Waals surface area contributed by atoms with E-state index in [1.165, 1.54) is 12.1 Å². The Morgan fingerprint density at radius 1 is 1.29 bits per heavy atom. The van der Waals surface area contributed by atoms with Crippen LogP contribution in [-0.4, -0.2) is 40.7 Å². The number of fused-ring (bicyclic) bond motifs is 1. The van der Waals surface area contributed by atoms with Crippen LogP contribution in [0.3, 0.4) is 0 Å². The minimum atomic E-state index is -0.684. The van der Waals surface area contributed by atoms with Gasteiger partial charge in [0.2, 0.25) is 0 Å². The number of hydrogen-bond acceptors (Lipinski definition) is 6. The van der Waals surface area contributed by atoms with Gasteiger partial charge in [-0.2, -0.15) is 0 Å². The van der Waals surface area contributed by atoms with Crippen LogP contribution in [0, 0.1) is 0 Å². The van der Waals surface area contributed by atoms with Crippen molar-refractivity contribution in [1.82, 2.24) is 5.32 Å². The second-order valence-corrected chi connectivity index (χ2v) is 7.28. The highest BCUT2D eigenvalue weighted by molar-refractivity contribution is 6.03. The molecule has 1 heterocycles. The van der Waals surface area contributed by atoms with Crippen molar-refractivity contribution < 1.29 is 29.3 Å². The quantitative estimate of drug-likeness (QED) is 0.705. The van der Waals surface area contributed by atoms with Gasteiger partial charge in [-0.1, -0.05) is 30.3 Å². The molecule has 0 saturated heterocycles. The number of ether oxygens (including phenoxy) is 2. The SMILES string of the molecule is CC1(C)CC(=O)c2c(O)cc(OCC(=O)NC(CO)c3ccccc3)cc2O1. The van der Waals surface area contributed by atoms with Crippen molar-refractivity contribution in [3.63, 3.8) is 0 Å². The third-order valence-electron chi connectivity index (χ3n) is 4.40. The molecule has 1 aliphatic heterocycles. The second-order valence-electron chi connectivity index (χ2n) is 7.28. The first kappa shape index (κ1) is 19.7. The number of hydrogen-bond donors (Lipinski definition) is 3. The van der Waals surface area contributed by atoms with E-state index in [-0.39, 0.29) is 48.2 Å². The van der Waals surface area contributed by atoms with Crippen molar-refractivity contribution >= 4 is 11.7 Å². The summed E-state index contributed by atoms with van der Waals surface area (Å²) in [7, 11) is 0. The fraction of sp³-hybridized carbons (Fsp3) is 0.333. The van der Waals surface area contributed by atoms with Crippen molar-refractivity contribution in [1.29, 1.82) is 0 Å². The largest absolute Gasteiger partial charge is 0.507 e. The van der Waals surface area contributed by atoms with E-state index >= 15 is 0 Å². The van der Waals surface area contributed by atoms with E-state index < -0.39 is 17.6 Å². The molecular weight excluding hydrogens is 362 g/mol. The molecule has 7 nitrogen and oxygen atoms in total. The molecule has 1 atom stereocenters. The Hall–Kier alpha value is -3.06. The van der Waals surface area contributed by atoms with E-state index in [0.717, 1.165) is 5.56 Å². The number of ketones is 1. The summed E-state index contributed by atoms with van der Waals surface area (Å²) >= 11 is 0. The van der Waals surface area contributed by atoms with Crippen molar-refractivity contribution in [3.05, 3.63) is 53.6 Å². The lowest BCUT2D eigenvalue weighted by atomic mass is 9.92.